The van der Waals surface area contributed by atoms with Crippen molar-refractivity contribution in [3.63, 3.8) is 0 Å². The number of carbonyl (C=O) groups is 2. The van der Waals surface area contributed by atoms with Gasteiger partial charge >= 0.3 is 0 Å². The van der Waals surface area contributed by atoms with Crippen LogP contribution in [-0.2, 0) is 4.79 Å². The van der Waals surface area contributed by atoms with Crippen molar-refractivity contribution in [2.45, 2.75) is 36.5 Å². The van der Waals surface area contributed by atoms with Crippen molar-refractivity contribution in [3.05, 3.63) is 30.0 Å². The van der Waals surface area contributed by atoms with E-state index in [4.69, 9.17) is 10.5 Å². The van der Waals surface area contributed by atoms with Gasteiger partial charge in [-0.2, -0.15) is 0 Å². The molecule has 2 heterocycles. The largest absolute Gasteiger partial charge is 0.496 e. The summed E-state index contributed by atoms with van der Waals surface area (Å²) in [7, 11) is 1.52. The topological polar surface area (TPSA) is 85.5 Å². The molecule has 1 fully saturated rings. The number of nitrogens with zero attached hydrogens (tertiary/aromatic N) is 2. The lowest BCUT2D eigenvalue weighted by Crippen LogP contribution is -2.40. The molecule has 2 amide bonds. The summed E-state index contributed by atoms with van der Waals surface area (Å²) in [6.45, 7) is 3.47. The van der Waals surface area contributed by atoms with Crippen molar-refractivity contribution in [2.24, 2.45) is 5.73 Å². The lowest BCUT2D eigenvalue weighted by Gasteiger charge is -2.32. The number of rotatable bonds is 5. The van der Waals surface area contributed by atoms with Crippen molar-refractivity contribution in [3.8, 4) is 5.75 Å². The molecule has 0 aliphatic carbocycles. The van der Waals surface area contributed by atoms with Crippen LogP contribution in [0.5, 0.6) is 5.75 Å². The fraction of sp³-hybridized carbons (Fsp3) is 0.421. The molecule has 1 aromatic heterocycles. The van der Waals surface area contributed by atoms with Crippen molar-refractivity contribution in [1.29, 1.82) is 0 Å². The number of likely N-dealkylation sites (tertiary alicyclic amines) is 1. The second-order valence-electron chi connectivity index (χ2n) is 6.33. The number of ether oxygens (including phenoxy) is 1. The maximum absolute atomic E-state index is 12.0. The van der Waals surface area contributed by atoms with Crippen molar-refractivity contribution in [1.82, 2.24) is 9.88 Å². The average Bonchev–Trinajstić information content (AvgIpc) is 2.66. The Hall–Kier alpha value is -2.28. The minimum atomic E-state index is -0.518. The molecule has 3 rings (SSSR count). The summed E-state index contributed by atoms with van der Waals surface area (Å²) in [6.07, 6.45) is 4.33. The second kappa shape index (κ2) is 7.95. The maximum Gasteiger partial charge on any atom is 0.252 e. The minimum absolute atomic E-state index is 0.203. The Kier molecular flexibility index (Phi) is 5.66. The first-order valence-electron chi connectivity index (χ1n) is 8.74. The molecule has 1 aliphatic heterocycles. The van der Waals surface area contributed by atoms with Gasteiger partial charge in [0.2, 0.25) is 5.91 Å². The van der Waals surface area contributed by atoms with Crippen LogP contribution in [0.4, 0.5) is 0 Å². The third kappa shape index (κ3) is 3.77. The van der Waals surface area contributed by atoms with Crippen LogP contribution in [0.3, 0.4) is 0 Å². The number of nitrogens with two attached hydrogens (primary N) is 1. The normalized spacial score (nSPS) is 17.3. The number of pyridine rings is 1. The Labute approximate surface area is 157 Å². The number of fused-ring (bicyclic) bond motifs is 1. The Morgan fingerprint density at radius 1 is 1.42 bits per heavy atom. The molecule has 1 aromatic carbocycles. The average molecular weight is 373 g/mol. The minimum Gasteiger partial charge on any atom is -0.496 e. The van der Waals surface area contributed by atoms with Crippen LogP contribution >= 0.6 is 11.8 Å². The lowest BCUT2D eigenvalue weighted by atomic mass is 10.1. The molecule has 2 aromatic rings. The zero-order valence-electron chi connectivity index (χ0n) is 15.0. The van der Waals surface area contributed by atoms with E-state index in [0.717, 1.165) is 41.7 Å². The number of carbonyl (C=O) groups excluding carboxylic acids is 2. The van der Waals surface area contributed by atoms with Crippen LogP contribution in [-0.4, -0.2) is 47.1 Å². The summed E-state index contributed by atoms with van der Waals surface area (Å²) in [6, 6.07) is 5.43. The molecule has 0 spiro atoms. The maximum atomic E-state index is 12.0. The molecule has 0 bridgehead atoms. The number of primary amides is 1. The molecular formula is C19H23N3O3S. The highest BCUT2D eigenvalue weighted by molar-refractivity contribution is 8.00. The molecular weight excluding hydrogens is 350 g/mol. The van der Waals surface area contributed by atoms with Gasteiger partial charge in [-0.3, -0.25) is 9.59 Å². The van der Waals surface area contributed by atoms with Crippen molar-refractivity contribution < 1.29 is 14.3 Å². The van der Waals surface area contributed by atoms with E-state index in [9.17, 15) is 9.59 Å². The van der Waals surface area contributed by atoms with Crippen LogP contribution in [0.25, 0.3) is 10.8 Å². The summed E-state index contributed by atoms with van der Waals surface area (Å²) in [5.41, 5.74) is 5.81. The van der Waals surface area contributed by atoms with E-state index in [1.807, 2.05) is 24.0 Å². The van der Waals surface area contributed by atoms with Gasteiger partial charge in [-0.15, -0.1) is 11.8 Å². The van der Waals surface area contributed by atoms with Crippen LogP contribution in [0.1, 0.15) is 36.5 Å². The van der Waals surface area contributed by atoms with E-state index in [1.54, 1.807) is 24.0 Å². The van der Waals surface area contributed by atoms with E-state index in [-0.39, 0.29) is 5.91 Å². The molecule has 138 valence electrons. The monoisotopic (exact) mass is 373 g/mol. The first-order valence-corrected chi connectivity index (χ1v) is 9.62. The first-order chi connectivity index (χ1) is 12.5. The van der Waals surface area contributed by atoms with Gasteiger partial charge < -0.3 is 15.4 Å². The van der Waals surface area contributed by atoms with Gasteiger partial charge in [0.1, 0.15) is 10.8 Å². The fourth-order valence-corrected chi connectivity index (χ4v) is 4.55. The van der Waals surface area contributed by atoms with E-state index in [2.05, 4.69) is 4.98 Å². The third-order valence-corrected chi connectivity index (χ3v) is 5.89. The molecule has 0 saturated carbocycles. The predicted octanol–water partition coefficient (Wildman–Crippen LogP) is 2.84. The molecule has 6 nitrogen and oxygen atoms in total. The van der Waals surface area contributed by atoms with E-state index < -0.39 is 5.91 Å². The summed E-state index contributed by atoms with van der Waals surface area (Å²) < 4.78 is 5.33. The number of hydrogen-bond acceptors (Lipinski definition) is 5. The quantitative estimate of drug-likeness (QED) is 0.871. The standard InChI is InChI=1S/C19H23N3O3S/c1-3-17(23)22-8-4-5-13(11-22)26-19-14-10-16(25-2)15(18(20)24)9-12(14)6-7-21-19/h6-7,9-10,13H,3-5,8,11H2,1-2H3,(H2,20,24)/t13-/m1/s1. The summed E-state index contributed by atoms with van der Waals surface area (Å²) in [4.78, 5) is 30.1. The number of methoxy groups -OCH3 is 1. The molecule has 7 heteroatoms. The smallest absolute Gasteiger partial charge is 0.252 e. The third-order valence-electron chi connectivity index (χ3n) is 4.63. The van der Waals surface area contributed by atoms with Gasteiger partial charge in [0.05, 0.1) is 12.7 Å². The van der Waals surface area contributed by atoms with Crippen molar-refractivity contribution >= 4 is 34.3 Å². The van der Waals surface area contributed by atoms with Crippen LogP contribution in [0, 0.1) is 0 Å². The van der Waals surface area contributed by atoms with Gasteiger partial charge in [0.25, 0.3) is 5.91 Å². The number of thioether (sulfide) groups is 1. The molecule has 1 atom stereocenters. The second-order valence-corrected chi connectivity index (χ2v) is 7.62. The number of hydrogen-bond donors (Lipinski definition) is 1. The number of aromatic nitrogens is 1. The summed E-state index contributed by atoms with van der Waals surface area (Å²) in [5, 5.41) is 3.01. The van der Waals surface area contributed by atoms with Gasteiger partial charge in [0.15, 0.2) is 0 Å². The molecule has 0 radical (unpaired) electrons. The molecule has 26 heavy (non-hydrogen) atoms. The molecule has 2 N–H and O–H groups in total. The molecule has 1 saturated heterocycles. The highest BCUT2D eigenvalue weighted by Crippen LogP contribution is 2.35. The van der Waals surface area contributed by atoms with Gasteiger partial charge in [-0.05, 0) is 36.4 Å². The highest BCUT2D eigenvalue weighted by Gasteiger charge is 2.24. The van der Waals surface area contributed by atoms with E-state index in [1.165, 1.54) is 7.11 Å². The van der Waals surface area contributed by atoms with Gasteiger partial charge in [-0.1, -0.05) is 6.92 Å². The van der Waals surface area contributed by atoms with Gasteiger partial charge in [-0.25, -0.2) is 4.98 Å². The Balaban J connectivity index is 1.90. The highest BCUT2D eigenvalue weighted by atomic mass is 32.2. The van der Waals surface area contributed by atoms with Crippen molar-refractivity contribution in [2.75, 3.05) is 20.2 Å². The fourth-order valence-electron chi connectivity index (χ4n) is 3.27. The summed E-state index contributed by atoms with van der Waals surface area (Å²) >= 11 is 1.68. The zero-order valence-corrected chi connectivity index (χ0v) is 15.8. The SMILES string of the molecule is CCC(=O)N1CCC[C@@H](Sc2nccc3cc(C(N)=O)c(OC)cc23)C1. The Morgan fingerprint density at radius 2 is 2.23 bits per heavy atom. The molecule has 1 aliphatic rings. The van der Waals surface area contributed by atoms with Crippen LogP contribution < -0.4 is 10.5 Å². The number of benzene rings is 1. The number of piperidine rings is 1. The molecule has 0 unspecified atom stereocenters. The number of amides is 2. The van der Waals surface area contributed by atoms with Gasteiger partial charge in [0, 0.05) is 36.3 Å². The van der Waals surface area contributed by atoms with E-state index >= 15 is 0 Å². The van der Waals surface area contributed by atoms with E-state index in [0.29, 0.717) is 23.0 Å². The Bertz CT molecular complexity index is 840. The predicted molar refractivity (Wildman–Crippen MR) is 103 cm³/mol. The lowest BCUT2D eigenvalue weighted by molar-refractivity contribution is -0.131. The summed E-state index contributed by atoms with van der Waals surface area (Å²) in [5.74, 6) is 0.135. The zero-order chi connectivity index (χ0) is 18.7. The van der Waals surface area contributed by atoms with Crippen LogP contribution in [0.2, 0.25) is 0 Å². The Morgan fingerprint density at radius 3 is 2.92 bits per heavy atom. The van der Waals surface area contributed by atoms with Crippen LogP contribution in [0.15, 0.2) is 29.4 Å². The first kappa shape index (κ1) is 18.5.